The monoisotopic (exact) mass is 364 g/mol. The lowest BCUT2D eigenvalue weighted by atomic mass is 9.86. The molecule has 5 heteroatoms. The molecule has 1 aliphatic carbocycles. The van der Waals surface area contributed by atoms with Crippen molar-refractivity contribution in [3.05, 3.63) is 12.2 Å². The average molecular weight is 364 g/mol. The first kappa shape index (κ1) is 12.9. The van der Waals surface area contributed by atoms with Crippen molar-refractivity contribution < 1.29 is 19.0 Å². The molecule has 4 nitrogen and oxygen atoms in total. The third kappa shape index (κ3) is 1.74. The zero-order valence-electron chi connectivity index (χ0n) is 10.6. The SMILES string of the molecule is CC1(C)COC2(C=C[C@]3(CI)OC(=O)C[C@H]23)OC1. The molecule has 3 aliphatic rings. The molecule has 2 heterocycles. The summed E-state index contributed by atoms with van der Waals surface area (Å²) in [7, 11) is 0. The van der Waals surface area contributed by atoms with Crippen molar-refractivity contribution in [2.75, 3.05) is 17.6 Å². The number of rotatable bonds is 1. The minimum atomic E-state index is -0.757. The molecular weight excluding hydrogens is 347 g/mol. The largest absolute Gasteiger partial charge is 0.453 e. The molecule has 1 spiro atoms. The summed E-state index contributed by atoms with van der Waals surface area (Å²) in [5.41, 5.74) is -0.503. The summed E-state index contributed by atoms with van der Waals surface area (Å²) in [4.78, 5) is 11.6. The number of ether oxygens (including phenoxy) is 3. The molecule has 0 unspecified atom stereocenters. The molecule has 0 N–H and O–H groups in total. The van der Waals surface area contributed by atoms with E-state index in [0.717, 1.165) is 4.43 Å². The van der Waals surface area contributed by atoms with Crippen LogP contribution in [0.3, 0.4) is 0 Å². The molecule has 0 bridgehead atoms. The summed E-state index contributed by atoms with van der Waals surface area (Å²) >= 11 is 2.25. The highest BCUT2D eigenvalue weighted by atomic mass is 127. The van der Waals surface area contributed by atoms with Crippen LogP contribution in [0.25, 0.3) is 0 Å². The molecule has 100 valence electrons. The smallest absolute Gasteiger partial charge is 0.307 e. The Morgan fingerprint density at radius 3 is 2.61 bits per heavy atom. The standard InChI is InChI=1S/C13H17IO4/c1-11(2)7-16-13(17-8-11)4-3-12(6-14)9(13)5-10(15)18-12/h3-4,9H,5-8H2,1-2H3/t9-,12+/m0/s1. The number of carbonyl (C=O) groups is 1. The van der Waals surface area contributed by atoms with Crippen LogP contribution in [0.15, 0.2) is 12.2 Å². The Hall–Kier alpha value is -0.140. The predicted octanol–water partition coefficient (Wildman–Crippen LogP) is 2.06. The molecule has 2 aliphatic heterocycles. The Balaban J connectivity index is 1.88. The average Bonchev–Trinajstić information content (AvgIpc) is 2.79. The number of alkyl halides is 1. The highest BCUT2D eigenvalue weighted by Gasteiger charge is 2.63. The maximum absolute atomic E-state index is 11.6. The summed E-state index contributed by atoms with van der Waals surface area (Å²) in [5, 5.41) is 0. The van der Waals surface area contributed by atoms with Crippen molar-refractivity contribution in [3.8, 4) is 0 Å². The fourth-order valence-electron chi connectivity index (χ4n) is 2.83. The van der Waals surface area contributed by atoms with Crippen LogP contribution in [-0.2, 0) is 19.0 Å². The van der Waals surface area contributed by atoms with E-state index in [0.29, 0.717) is 19.6 Å². The van der Waals surface area contributed by atoms with Crippen molar-refractivity contribution in [1.29, 1.82) is 0 Å². The molecular formula is C13H17IO4. The number of hydrogen-bond donors (Lipinski definition) is 0. The predicted molar refractivity (Wildman–Crippen MR) is 73.4 cm³/mol. The second-order valence-corrected chi connectivity index (χ2v) is 6.88. The second-order valence-electron chi connectivity index (χ2n) is 6.12. The van der Waals surface area contributed by atoms with Crippen molar-refractivity contribution in [2.24, 2.45) is 11.3 Å². The van der Waals surface area contributed by atoms with E-state index in [9.17, 15) is 4.79 Å². The molecule has 18 heavy (non-hydrogen) atoms. The van der Waals surface area contributed by atoms with Crippen LogP contribution in [0.2, 0.25) is 0 Å². The maximum atomic E-state index is 11.6. The van der Waals surface area contributed by atoms with Gasteiger partial charge in [0, 0.05) is 9.84 Å². The van der Waals surface area contributed by atoms with Gasteiger partial charge in [0.15, 0.2) is 5.79 Å². The van der Waals surface area contributed by atoms with Gasteiger partial charge in [-0.15, -0.1) is 0 Å². The zero-order chi connectivity index (χ0) is 13.0. The topological polar surface area (TPSA) is 44.8 Å². The maximum Gasteiger partial charge on any atom is 0.307 e. The molecule has 2 saturated heterocycles. The van der Waals surface area contributed by atoms with E-state index >= 15 is 0 Å². The molecule has 0 aromatic rings. The van der Waals surface area contributed by atoms with Crippen LogP contribution in [0.5, 0.6) is 0 Å². The van der Waals surface area contributed by atoms with E-state index in [1.807, 2.05) is 12.2 Å². The molecule has 0 saturated carbocycles. The lowest BCUT2D eigenvalue weighted by Gasteiger charge is -2.44. The first-order valence-corrected chi connectivity index (χ1v) is 7.70. The van der Waals surface area contributed by atoms with E-state index in [1.165, 1.54) is 0 Å². The Morgan fingerprint density at radius 1 is 1.33 bits per heavy atom. The minimum absolute atomic E-state index is 0.0259. The van der Waals surface area contributed by atoms with Gasteiger partial charge in [-0.2, -0.15) is 0 Å². The van der Waals surface area contributed by atoms with Crippen LogP contribution in [-0.4, -0.2) is 35.0 Å². The van der Waals surface area contributed by atoms with Crippen molar-refractivity contribution in [3.63, 3.8) is 0 Å². The van der Waals surface area contributed by atoms with Gasteiger partial charge in [-0.05, 0) is 12.2 Å². The normalized spacial score (nSPS) is 39.9. The van der Waals surface area contributed by atoms with Crippen molar-refractivity contribution in [2.45, 2.75) is 31.7 Å². The number of esters is 1. The lowest BCUT2D eigenvalue weighted by Crippen LogP contribution is -2.53. The van der Waals surface area contributed by atoms with E-state index in [1.54, 1.807) is 0 Å². The zero-order valence-corrected chi connectivity index (χ0v) is 12.7. The number of carbonyl (C=O) groups excluding carboxylic acids is 1. The first-order chi connectivity index (χ1) is 8.41. The summed E-state index contributed by atoms with van der Waals surface area (Å²) in [6.07, 6.45) is 4.27. The van der Waals surface area contributed by atoms with Gasteiger partial charge in [0.1, 0.15) is 5.60 Å². The summed E-state index contributed by atoms with van der Waals surface area (Å²) in [5.74, 6) is -0.963. The molecule has 3 rings (SSSR count). The summed E-state index contributed by atoms with van der Waals surface area (Å²) < 4.78 is 18.2. The van der Waals surface area contributed by atoms with Crippen molar-refractivity contribution >= 4 is 28.6 Å². The summed E-state index contributed by atoms with van der Waals surface area (Å²) in [6, 6.07) is 0. The van der Waals surface area contributed by atoms with Crippen LogP contribution in [0, 0.1) is 11.3 Å². The van der Waals surface area contributed by atoms with Gasteiger partial charge < -0.3 is 14.2 Å². The van der Waals surface area contributed by atoms with Gasteiger partial charge in [-0.25, -0.2) is 0 Å². The van der Waals surface area contributed by atoms with Gasteiger partial charge >= 0.3 is 5.97 Å². The third-order valence-corrected chi connectivity index (χ3v) is 5.13. The lowest BCUT2D eigenvalue weighted by molar-refractivity contribution is -0.297. The molecule has 0 amide bonds. The molecule has 0 aromatic heterocycles. The Bertz CT molecular complexity index is 407. The van der Waals surface area contributed by atoms with Gasteiger partial charge in [0.05, 0.1) is 25.6 Å². The number of halogens is 1. The van der Waals surface area contributed by atoms with Crippen molar-refractivity contribution in [1.82, 2.24) is 0 Å². The van der Waals surface area contributed by atoms with Crippen LogP contribution in [0.4, 0.5) is 0 Å². The Morgan fingerprint density at radius 2 is 2.00 bits per heavy atom. The van der Waals surface area contributed by atoms with E-state index in [2.05, 4.69) is 36.4 Å². The fraction of sp³-hybridized carbons (Fsp3) is 0.769. The third-order valence-electron chi connectivity index (χ3n) is 3.93. The Labute approximate surface area is 120 Å². The van der Waals surface area contributed by atoms with Gasteiger partial charge in [0.2, 0.25) is 0 Å². The second kappa shape index (κ2) is 3.93. The summed E-state index contributed by atoms with van der Waals surface area (Å²) in [6.45, 7) is 5.50. The molecule has 2 fully saturated rings. The van der Waals surface area contributed by atoms with Gasteiger partial charge in [0.25, 0.3) is 0 Å². The fourth-order valence-corrected chi connectivity index (χ4v) is 3.77. The first-order valence-electron chi connectivity index (χ1n) is 6.18. The minimum Gasteiger partial charge on any atom is -0.453 e. The van der Waals surface area contributed by atoms with Crippen LogP contribution >= 0.6 is 22.6 Å². The van der Waals surface area contributed by atoms with Crippen LogP contribution in [0.1, 0.15) is 20.3 Å². The molecule has 2 atom stereocenters. The van der Waals surface area contributed by atoms with Gasteiger partial charge in [-0.1, -0.05) is 36.4 Å². The highest BCUT2D eigenvalue weighted by Crippen LogP contribution is 2.52. The van der Waals surface area contributed by atoms with E-state index < -0.39 is 11.4 Å². The number of hydrogen-bond acceptors (Lipinski definition) is 4. The van der Waals surface area contributed by atoms with E-state index in [4.69, 9.17) is 14.2 Å². The number of fused-ring (bicyclic) bond motifs is 2. The van der Waals surface area contributed by atoms with Gasteiger partial charge in [-0.3, -0.25) is 4.79 Å². The molecule has 0 radical (unpaired) electrons. The highest BCUT2D eigenvalue weighted by molar-refractivity contribution is 14.1. The Kier molecular flexibility index (Phi) is 2.81. The molecule has 0 aromatic carbocycles. The quantitative estimate of drug-likeness (QED) is 0.309. The van der Waals surface area contributed by atoms with Crippen LogP contribution < -0.4 is 0 Å². The van der Waals surface area contributed by atoms with E-state index in [-0.39, 0.29) is 17.3 Å².